The van der Waals surface area contributed by atoms with Crippen LogP contribution < -0.4 is 0 Å². The lowest BCUT2D eigenvalue weighted by Gasteiger charge is -2.06. The zero-order chi connectivity index (χ0) is 10.1. The lowest BCUT2D eigenvalue weighted by atomic mass is 10.2. The van der Waals surface area contributed by atoms with Crippen LogP contribution in [0.3, 0.4) is 0 Å². The van der Waals surface area contributed by atoms with Crippen molar-refractivity contribution in [2.45, 2.75) is 33.8 Å². The molecule has 0 saturated carbocycles. The summed E-state index contributed by atoms with van der Waals surface area (Å²) >= 11 is 0. The van der Waals surface area contributed by atoms with Gasteiger partial charge in [-0.05, 0) is 13.8 Å². The Labute approximate surface area is 81.6 Å². The van der Waals surface area contributed by atoms with E-state index in [4.69, 9.17) is 9.47 Å². The average molecular weight is 184 g/mol. The molecule has 13 heavy (non-hydrogen) atoms. The molecule has 0 radical (unpaired) electrons. The number of ether oxygens (including phenoxy) is 2. The molecule has 0 unspecified atom stereocenters. The quantitative estimate of drug-likeness (QED) is 0.481. The fourth-order valence-corrected chi connectivity index (χ4v) is 0.712. The van der Waals surface area contributed by atoms with Gasteiger partial charge in [-0.2, -0.15) is 0 Å². The monoisotopic (exact) mass is 184 g/mol. The molecule has 0 atom stereocenters. The minimum absolute atomic E-state index is 0.283. The van der Waals surface area contributed by atoms with Crippen LogP contribution in [0, 0.1) is 17.8 Å². The van der Waals surface area contributed by atoms with Crippen LogP contribution in [0.2, 0.25) is 0 Å². The maximum absolute atomic E-state index is 5.30. The standard InChI is InChI=1S/C11H20O2/c1-10(2)6-5-7-12-8-9-13-11(3)4/h10-11H,7-9H2,1-4H3. The third kappa shape index (κ3) is 11.5. The van der Waals surface area contributed by atoms with Crippen molar-refractivity contribution in [2.75, 3.05) is 19.8 Å². The fraction of sp³-hybridized carbons (Fsp3) is 0.818. The molecule has 0 fully saturated rings. The van der Waals surface area contributed by atoms with Crippen molar-refractivity contribution in [3.05, 3.63) is 0 Å². The molecule has 0 amide bonds. The maximum Gasteiger partial charge on any atom is 0.107 e. The first-order valence-corrected chi connectivity index (χ1v) is 4.80. The highest BCUT2D eigenvalue weighted by atomic mass is 16.5. The van der Waals surface area contributed by atoms with Crippen LogP contribution in [0.5, 0.6) is 0 Å². The first-order chi connectivity index (χ1) is 6.13. The van der Waals surface area contributed by atoms with Crippen molar-refractivity contribution in [1.29, 1.82) is 0 Å². The predicted molar refractivity (Wildman–Crippen MR) is 54.5 cm³/mol. The van der Waals surface area contributed by atoms with Gasteiger partial charge >= 0.3 is 0 Å². The van der Waals surface area contributed by atoms with E-state index in [1.54, 1.807) is 0 Å². The molecular weight excluding hydrogens is 164 g/mol. The van der Waals surface area contributed by atoms with Crippen molar-refractivity contribution in [2.24, 2.45) is 5.92 Å². The molecule has 0 aromatic rings. The second kappa shape index (κ2) is 8.10. The second-order valence-electron chi connectivity index (χ2n) is 3.45. The molecule has 0 bridgehead atoms. The summed E-state index contributed by atoms with van der Waals surface area (Å²) in [5.41, 5.74) is 0. The molecule has 2 heteroatoms. The first kappa shape index (κ1) is 12.5. The lowest BCUT2D eigenvalue weighted by molar-refractivity contribution is 0.0280. The molecule has 0 aromatic heterocycles. The topological polar surface area (TPSA) is 18.5 Å². The van der Waals surface area contributed by atoms with Crippen LogP contribution in [0.4, 0.5) is 0 Å². The zero-order valence-corrected chi connectivity index (χ0v) is 9.09. The summed E-state index contributed by atoms with van der Waals surface area (Å²) in [6.45, 7) is 9.95. The Balaban J connectivity index is 3.14. The average Bonchev–Trinajstić information content (AvgIpc) is 2.01. The number of rotatable bonds is 5. The van der Waals surface area contributed by atoms with Crippen molar-refractivity contribution >= 4 is 0 Å². The van der Waals surface area contributed by atoms with Gasteiger partial charge in [0.1, 0.15) is 6.61 Å². The molecule has 0 heterocycles. The van der Waals surface area contributed by atoms with Crippen LogP contribution >= 0.6 is 0 Å². The van der Waals surface area contributed by atoms with Gasteiger partial charge < -0.3 is 9.47 Å². The first-order valence-electron chi connectivity index (χ1n) is 4.80. The predicted octanol–water partition coefficient (Wildman–Crippen LogP) is 2.09. The Kier molecular flexibility index (Phi) is 7.77. The van der Waals surface area contributed by atoms with E-state index in [9.17, 15) is 0 Å². The molecule has 0 spiro atoms. The lowest BCUT2D eigenvalue weighted by Crippen LogP contribution is -2.09. The summed E-state index contributed by atoms with van der Waals surface area (Å²) < 4.78 is 10.5. The van der Waals surface area contributed by atoms with E-state index in [1.807, 2.05) is 13.8 Å². The highest BCUT2D eigenvalue weighted by Crippen LogP contribution is 1.88. The Morgan fingerprint density at radius 3 is 2.31 bits per heavy atom. The number of hydrogen-bond donors (Lipinski definition) is 0. The molecule has 0 aromatic carbocycles. The van der Waals surface area contributed by atoms with E-state index >= 15 is 0 Å². The van der Waals surface area contributed by atoms with Gasteiger partial charge in [-0.25, -0.2) is 0 Å². The minimum atomic E-state index is 0.283. The Hall–Kier alpha value is -0.520. The molecule has 0 aliphatic carbocycles. The van der Waals surface area contributed by atoms with E-state index < -0.39 is 0 Å². The van der Waals surface area contributed by atoms with Crippen molar-refractivity contribution in [3.8, 4) is 11.8 Å². The summed E-state index contributed by atoms with van der Waals surface area (Å²) in [7, 11) is 0. The molecule has 0 aliphatic rings. The van der Waals surface area contributed by atoms with Crippen molar-refractivity contribution in [3.63, 3.8) is 0 Å². The second-order valence-corrected chi connectivity index (χ2v) is 3.45. The van der Waals surface area contributed by atoms with Crippen LogP contribution in [0.15, 0.2) is 0 Å². The summed E-state index contributed by atoms with van der Waals surface area (Å²) in [4.78, 5) is 0. The van der Waals surface area contributed by atoms with Gasteiger partial charge in [0.25, 0.3) is 0 Å². The van der Waals surface area contributed by atoms with E-state index in [-0.39, 0.29) is 6.10 Å². The minimum Gasteiger partial charge on any atom is -0.376 e. The SMILES string of the molecule is CC(C)C#CCOCCOC(C)C. The van der Waals surface area contributed by atoms with Crippen LogP contribution in [-0.4, -0.2) is 25.9 Å². The van der Waals surface area contributed by atoms with Gasteiger partial charge in [0.15, 0.2) is 0 Å². The van der Waals surface area contributed by atoms with Crippen molar-refractivity contribution < 1.29 is 9.47 Å². The third-order valence-corrected chi connectivity index (χ3v) is 1.24. The normalized spacial score (nSPS) is 10.3. The van der Waals surface area contributed by atoms with Crippen LogP contribution in [0.1, 0.15) is 27.7 Å². The number of hydrogen-bond acceptors (Lipinski definition) is 2. The molecular formula is C11H20O2. The van der Waals surface area contributed by atoms with E-state index in [0.29, 0.717) is 25.7 Å². The summed E-state index contributed by atoms with van der Waals surface area (Å²) in [6.07, 6.45) is 0.283. The summed E-state index contributed by atoms with van der Waals surface area (Å²) in [5.74, 6) is 6.40. The highest BCUT2D eigenvalue weighted by molar-refractivity contribution is 5.01. The van der Waals surface area contributed by atoms with Gasteiger partial charge in [0.2, 0.25) is 0 Å². The van der Waals surface area contributed by atoms with Gasteiger partial charge in [-0.1, -0.05) is 25.7 Å². The fourth-order valence-electron chi connectivity index (χ4n) is 0.712. The largest absolute Gasteiger partial charge is 0.376 e. The van der Waals surface area contributed by atoms with Gasteiger partial charge in [-0.15, -0.1) is 0 Å². The summed E-state index contributed by atoms with van der Waals surface area (Å²) in [6, 6.07) is 0. The van der Waals surface area contributed by atoms with E-state index in [2.05, 4.69) is 25.7 Å². The smallest absolute Gasteiger partial charge is 0.107 e. The highest BCUT2D eigenvalue weighted by Gasteiger charge is 1.91. The Morgan fingerprint density at radius 2 is 1.77 bits per heavy atom. The van der Waals surface area contributed by atoms with E-state index in [0.717, 1.165) is 0 Å². The molecule has 0 rings (SSSR count). The van der Waals surface area contributed by atoms with Crippen molar-refractivity contribution in [1.82, 2.24) is 0 Å². The molecule has 0 saturated heterocycles. The van der Waals surface area contributed by atoms with Crippen LogP contribution in [-0.2, 0) is 9.47 Å². The molecule has 2 nitrogen and oxygen atoms in total. The summed E-state index contributed by atoms with van der Waals surface area (Å²) in [5, 5.41) is 0. The maximum atomic E-state index is 5.30. The van der Waals surface area contributed by atoms with Gasteiger partial charge in [0, 0.05) is 5.92 Å². The van der Waals surface area contributed by atoms with Gasteiger partial charge in [-0.3, -0.25) is 0 Å². The molecule has 0 aliphatic heterocycles. The van der Waals surface area contributed by atoms with E-state index in [1.165, 1.54) is 0 Å². The Morgan fingerprint density at radius 1 is 1.08 bits per heavy atom. The van der Waals surface area contributed by atoms with Gasteiger partial charge in [0.05, 0.1) is 19.3 Å². The Bertz CT molecular complexity index is 163. The molecule has 0 N–H and O–H groups in total. The van der Waals surface area contributed by atoms with Crippen LogP contribution in [0.25, 0.3) is 0 Å². The molecule has 76 valence electrons. The zero-order valence-electron chi connectivity index (χ0n) is 9.09. The third-order valence-electron chi connectivity index (χ3n) is 1.24.